The molecule has 3 aromatic heterocycles. The average Bonchev–Trinajstić information content (AvgIpc) is 3.13. The molecule has 0 amide bonds. The highest BCUT2D eigenvalue weighted by Crippen LogP contribution is 2.31. The maximum Gasteiger partial charge on any atom is 0.235 e. The van der Waals surface area contributed by atoms with Gasteiger partial charge in [0.2, 0.25) is 4.96 Å². The maximum absolute atomic E-state index is 13.3. The summed E-state index contributed by atoms with van der Waals surface area (Å²) >= 11 is 3.01. The van der Waals surface area contributed by atoms with Crippen molar-refractivity contribution in [3.8, 4) is 21.3 Å². The van der Waals surface area contributed by atoms with Gasteiger partial charge in [-0.2, -0.15) is 9.61 Å². The average molecular weight is 316 g/mol. The van der Waals surface area contributed by atoms with Crippen LogP contribution in [0, 0.1) is 12.7 Å². The number of aryl methyl sites for hydroxylation is 1. The molecule has 0 fully saturated rings. The number of aromatic nitrogens is 4. The van der Waals surface area contributed by atoms with E-state index < -0.39 is 0 Å². The van der Waals surface area contributed by atoms with Crippen LogP contribution in [0.2, 0.25) is 0 Å². The standard InChI is InChI=1S/C14H9FN4S2/c1-8-5-6-20-11(8)12-16-17-14-19(12)18-13(21-14)9-3-2-4-10(15)7-9/h2-7H,1H3. The monoisotopic (exact) mass is 316 g/mol. The first-order valence-electron chi connectivity index (χ1n) is 6.25. The molecule has 0 N–H and O–H groups in total. The molecule has 4 rings (SSSR count). The Morgan fingerprint density at radius 3 is 2.86 bits per heavy atom. The predicted molar refractivity (Wildman–Crippen MR) is 82.1 cm³/mol. The number of thiophene rings is 1. The number of rotatable bonds is 2. The zero-order valence-corrected chi connectivity index (χ0v) is 12.6. The molecule has 0 aliphatic carbocycles. The Morgan fingerprint density at radius 1 is 1.19 bits per heavy atom. The van der Waals surface area contributed by atoms with Crippen molar-refractivity contribution in [3.05, 3.63) is 47.1 Å². The first kappa shape index (κ1) is 12.6. The third-order valence-electron chi connectivity index (χ3n) is 3.13. The van der Waals surface area contributed by atoms with Gasteiger partial charge in [-0.3, -0.25) is 0 Å². The van der Waals surface area contributed by atoms with Crippen molar-refractivity contribution in [3.63, 3.8) is 0 Å². The summed E-state index contributed by atoms with van der Waals surface area (Å²) in [7, 11) is 0. The van der Waals surface area contributed by atoms with Crippen LogP contribution < -0.4 is 0 Å². The Morgan fingerprint density at radius 2 is 2.10 bits per heavy atom. The quantitative estimate of drug-likeness (QED) is 0.561. The number of halogens is 1. The van der Waals surface area contributed by atoms with Gasteiger partial charge in [-0.05, 0) is 36.1 Å². The molecule has 0 spiro atoms. The van der Waals surface area contributed by atoms with E-state index in [-0.39, 0.29) is 5.82 Å². The first-order valence-corrected chi connectivity index (χ1v) is 7.94. The fourth-order valence-electron chi connectivity index (χ4n) is 2.10. The van der Waals surface area contributed by atoms with Crippen molar-refractivity contribution in [2.75, 3.05) is 0 Å². The minimum absolute atomic E-state index is 0.271. The normalized spacial score (nSPS) is 11.3. The van der Waals surface area contributed by atoms with Crippen LogP contribution in [0.3, 0.4) is 0 Å². The summed E-state index contributed by atoms with van der Waals surface area (Å²) in [5.41, 5.74) is 1.90. The van der Waals surface area contributed by atoms with Gasteiger partial charge in [-0.15, -0.1) is 21.5 Å². The number of nitrogens with zero attached hydrogens (tertiary/aromatic N) is 4. The second kappa shape index (κ2) is 4.71. The van der Waals surface area contributed by atoms with E-state index in [9.17, 15) is 4.39 Å². The van der Waals surface area contributed by atoms with Crippen LogP contribution in [0.15, 0.2) is 35.7 Å². The van der Waals surface area contributed by atoms with Crippen LogP contribution in [-0.2, 0) is 0 Å². The van der Waals surface area contributed by atoms with Crippen LogP contribution in [0.25, 0.3) is 26.2 Å². The second-order valence-corrected chi connectivity index (χ2v) is 6.44. The lowest BCUT2D eigenvalue weighted by Gasteiger charge is -1.96. The number of fused-ring (bicyclic) bond motifs is 1. The fraction of sp³-hybridized carbons (Fsp3) is 0.0714. The molecule has 0 saturated heterocycles. The molecule has 0 aliphatic rings. The molecular weight excluding hydrogens is 307 g/mol. The smallest absolute Gasteiger partial charge is 0.207 e. The highest BCUT2D eigenvalue weighted by Gasteiger charge is 2.16. The van der Waals surface area contributed by atoms with Gasteiger partial charge < -0.3 is 0 Å². The largest absolute Gasteiger partial charge is 0.235 e. The molecule has 0 atom stereocenters. The Labute approximate surface area is 127 Å². The van der Waals surface area contributed by atoms with Crippen molar-refractivity contribution >= 4 is 27.6 Å². The minimum atomic E-state index is -0.271. The van der Waals surface area contributed by atoms with Crippen LogP contribution in [0.1, 0.15) is 5.56 Å². The van der Waals surface area contributed by atoms with Crippen LogP contribution in [0.4, 0.5) is 4.39 Å². The zero-order valence-electron chi connectivity index (χ0n) is 10.9. The van der Waals surface area contributed by atoms with Crippen molar-refractivity contribution in [1.29, 1.82) is 0 Å². The number of hydrogen-bond acceptors (Lipinski definition) is 5. The van der Waals surface area contributed by atoms with Gasteiger partial charge in [0.15, 0.2) is 5.82 Å². The lowest BCUT2D eigenvalue weighted by Crippen LogP contribution is -1.90. The van der Waals surface area contributed by atoms with E-state index >= 15 is 0 Å². The van der Waals surface area contributed by atoms with Gasteiger partial charge in [0.25, 0.3) is 0 Å². The van der Waals surface area contributed by atoms with E-state index in [2.05, 4.69) is 15.3 Å². The summed E-state index contributed by atoms with van der Waals surface area (Å²) in [6, 6.07) is 8.45. The molecule has 104 valence electrons. The van der Waals surface area contributed by atoms with Gasteiger partial charge in [-0.1, -0.05) is 23.5 Å². The topological polar surface area (TPSA) is 43.1 Å². The third-order valence-corrected chi connectivity index (χ3v) is 5.09. The Bertz CT molecular complexity index is 937. The van der Waals surface area contributed by atoms with Crippen molar-refractivity contribution in [2.45, 2.75) is 6.92 Å². The first-order chi connectivity index (χ1) is 10.2. The summed E-state index contributed by atoms with van der Waals surface area (Å²) in [5, 5.41) is 15.7. The summed E-state index contributed by atoms with van der Waals surface area (Å²) in [4.78, 5) is 1.76. The molecule has 1 aromatic carbocycles. The van der Waals surface area contributed by atoms with Gasteiger partial charge in [0.05, 0.1) is 4.88 Å². The molecule has 0 unspecified atom stereocenters. The van der Waals surface area contributed by atoms with Gasteiger partial charge in [-0.25, -0.2) is 4.39 Å². The van der Waals surface area contributed by atoms with E-state index in [4.69, 9.17) is 0 Å². The third kappa shape index (κ3) is 2.05. The molecule has 7 heteroatoms. The van der Waals surface area contributed by atoms with E-state index in [0.717, 1.165) is 26.8 Å². The van der Waals surface area contributed by atoms with Crippen molar-refractivity contribution < 1.29 is 4.39 Å². The van der Waals surface area contributed by atoms with E-state index in [1.54, 1.807) is 21.9 Å². The molecule has 4 aromatic rings. The Hall–Kier alpha value is -2.12. The zero-order chi connectivity index (χ0) is 14.4. The molecule has 0 saturated carbocycles. The van der Waals surface area contributed by atoms with Gasteiger partial charge in [0.1, 0.15) is 10.8 Å². The summed E-state index contributed by atoms with van der Waals surface area (Å²) in [6.45, 7) is 2.03. The Balaban J connectivity index is 1.88. The molecular formula is C14H9FN4S2. The molecule has 4 nitrogen and oxygen atoms in total. The summed E-state index contributed by atoms with van der Waals surface area (Å²) < 4.78 is 15.1. The maximum atomic E-state index is 13.3. The lowest BCUT2D eigenvalue weighted by molar-refractivity contribution is 0.628. The molecule has 0 bridgehead atoms. The predicted octanol–water partition coefficient (Wildman–Crippen LogP) is 4.03. The van der Waals surface area contributed by atoms with Crippen molar-refractivity contribution in [1.82, 2.24) is 19.8 Å². The summed E-state index contributed by atoms with van der Waals surface area (Å²) in [6.07, 6.45) is 0. The van der Waals surface area contributed by atoms with E-state index in [1.165, 1.54) is 23.5 Å². The highest BCUT2D eigenvalue weighted by atomic mass is 32.1. The molecule has 21 heavy (non-hydrogen) atoms. The molecule has 0 aliphatic heterocycles. The van der Waals surface area contributed by atoms with Gasteiger partial charge >= 0.3 is 0 Å². The SMILES string of the molecule is Cc1ccsc1-c1nnc2sc(-c3cccc(F)c3)nn12. The number of benzene rings is 1. The van der Waals surface area contributed by atoms with E-state index in [1.807, 2.05) is 24.4 Å². The Kier molecular flexibility index (Phi) is 2.83. The summed E-state index contributed by atoms with van der Waals surface area (Å²) in [5.74, 6) is 0.462. The van der Waals surface area contributed by atoms with E-state index in [0.29, 0.717) is 4.96 Å². The lowest BCUT2D eigenvalue weighted by atomic mass is 10.2. The van der Waals surface area contributed by atoms with Crippen LogP contribution >= 0.6 is 22.7 Å². The minimum Gasteiger partial charge on any atom is -0.207 e. The molecule has 3 heterocycles. The fourth-order valence-corrected chi connectivity index (χ4v) is 3.83. The van der Waals surface area contributed by atoms with Gasteiger partial charge in [0, 0.05) is 5.56 Å². The second-order valence-electron chi connectivity index (χ2n) is 4.57. The molecule has 0 radical (unpaired) electrons. The van der Waals surface area contributed by atoms with Crippen molar-refractivity contribution in [2.24, 2.45) is 0 Å². The van der Waals surface area contributed by atoms with Crippen LogP contribution in [0.5, 0.6) is 0 Å². The highest BCUT2D eigenvalue weighted by molar-refractivity contribution is 7.19. The van der Waals surface area contributed by atoms with Crippen LogP contribution in [-0.4, -0.2) is 19.8 Å². The number of hydrogen-bond donors (Lipinski definition) is 0.